The highest BCUT2D eigenvalue weighted by Gasteiger charge is 2.40. The highest BCUT2D eigenvalue weighted by molar-refractivity contribution is 6.00. The monoisotopic (exact) mass is 627 g/mol. The number of para-hydroxylation sites is 1. The fraction of sp³-hybridized carbons (Fsp3) is 0.462. The minimum atomic E-state index is -0.973. The normalized spacial score (nSPS) is 13.5. The summed E-state index contributed by atoms with van der Waals surface area (Å²) in [6.07, 6.45) is 1.11. The third-order valence-electron chi connectivity index (χ3n) is 8.36. The second-order valence-electron chi connectivity index (χ2n) is 13.9. The number of nitrogens with one attached hydrogen (secondary N) is 2. The average molecular weight is 628 g/mol. The molecule has 3 aromatic carbocycles. The molecule has 0 aromatic heterocycles. The molecule has 0 spiro atoms. The molecule has 0 saturated heterocycles. The molecule has 2 N–H and O–H groups in total. The van der Waals surface area contributed by atoms with E-state index in [1.165, 1.54) is 0 Å². The van der Waals surface area contributed by atoms with Gasteiger partial charge in [0.05, 0.1) is 0 Å². The Morgan fingerprint density at radius 3 is 1.96 bits per heavy atom. The van der Waals surface area contributed by atoms with Crippen LogP contribution in [0.5, 0.6) is 0 Å². The van der Waals surface area contributed by atoms with E-state index >= 15 is 4.79 Å². The Kier molecular flexibility index (Phi) is 12.6. The third kappa shape index (κ3) is 9.93. The van der Waals surface area contributed by atoms with Crippen LogP contribution in [0.2, 0.25) is 0 Å². The van der Waals surface area contributed by atoms with Gasteiger partial charge >= 0.3 is 6.09 Å². The van der Waals surface area contributed by atoms with Gasteiger partial charge < -0.3 is 20.3 Å². The van der Waals surface area contributed by atoms with E-state index in [9.17, 15) is 9.59 Å². The number of amides is 3. The van der Waals surface area contributed by atoms with Crippen LogP contribution >= 0.6 is 0 Å². The minimum absolute atomic E-state index is 0.240. The maximum Gasteiger partial charge on any atom is 0.408 e. The van der Waals surface area contributed by atoms with E-state index in [1.54, 1.807) is 25.7 Å². The van der Waals surface area contributed by atoms with Crippen molar-refractivity contribution >= 4 is 23.6 Å². The molecule has 0 aliphatic carbocycles. The van der Waals surface area contributed by atoms with Crippen molar-refractivity contribution < 1.29 is 19.1 Å². The SMILES string of the molecule is Cc1cccc(C(C(=O)Nc2c(C)cccc2C)N(C(=O)C(Cc2ccccc2)NC(=O)OC(C)(C)C)C(C)CCC(C)C)c1C. The summed E-state index contributed by atoms with van der Waals surface area (Å²) in [7, 11) is 0. The van der Waals surface area contributed by atoms with Gasteiger partial charge in [-0.25, -0.2) is 4.79 Å². The van der Waals surface area contributed by atoms with Crippen LogP contribution in [0.15, 0.2) is 66.7 Å². The molecule has 0 aliphatic heterocycles. The lowest BCUT2D eigenvalue weighted by atomic mass is 9.92. The first-order valence-electron chi connectivity index (χ1n) is 16.4. The number of anilines is 1. The molecule has 7 nitrogen and oxygen atoms in total. The van der Waals surface area contributed by atoms with Gasteiger partial charge in [-0.2, -0.15) is 0 Å². The van der Waals surface area contributed by atoms with Crippen molar-refractivity contribution in [3.05, 3.63) is 100 Å². The van der Waals surface area contributed by atoms with Crippen molar-refractivity contribution in [3.63, 3.8) is 0 Å². The molecular formula is C39H53N3O4. The summed E-state index contributed by atoms with van der Waals surface area (Å²) < 4.78 is 5.61. The molecule has 46 heavy (non-hydrogen) atoms. The number of carbonyl (C=O) groups is 3. The number of benzene rings is 3. The van der Waals surface area contributed by atoms with Crippen molar-refractivity contribution in [2.45, 2.75) is 112 Å². The van der Waals surface area contributed by atoms with Crippen molar-refractivity contribution in [2.24, 2.45) is 5.92 Å². The summed E-state index contributed by atoms with van der Waals surface area (Å²) in [5.74, 6) is -0.234. The van der Waals surface area contributed by atoms with E-state index in [4.69, 9.17) is 4.74 Å². The van der Waals surface area contributed by atoms with Gasteiger partial charge in [0.1, 0.15) is 17.7 Å². The number of carbonyl (C=O) groups excluding carboxylic acids is 3. The average Bonchev–Trinajstić information content (AvgIpc) is 2.97. The van der Waals surface area contributed by atoms with Crippen molar-refractivity contribution in [1.29, 1.82) is 0 Å². The molecule has 0 fully saturated rings. The molecular weight excluding hydrogens is 574 g/mol. The van der Waals surface area contributed by atoms with Crippen LogP contribution in [0.1, 0.15) is 93.8 Å². The minimum Gasteiger partial charge on any atom is -0.444 e. The number of ether oxygens (including phenoxy) is 1. The van der Waals surface area contributed by atoms with Crippen LogP contribution in [0.3, 0.4) is 0 Å². The molecule has 0 bridgehead atoms. The number of nitrogens with zero attached hydrogens (tertiary/aromatic N) is 1. The van der Waals surface area contributed by atoms with E-state index in [0.717, 1.165) is 45.5 Å². The molecule has 3 atom stereocenters. The summed E-state index contributed by atoms with van der Waals surface area (Å²) in [4.78, 5) is 44.5. The second kappa shape index (κ2) is 15.9. The maximum absolute atomic E-state index is 15.0. The molecule has 0 saturated carbocycles. The molecule has 248 valence electrons. The van der Waals surface area contributed by atoms with Gasteiger partial charge in [-0.15, -0.1) is 0 Å². The van der Waals surface area contributed by atoms with E-state index < -0.39 is 23.8 Å². The van der Waals surface area contributed by atoms with Crippen LogP contribution in [0, 0.1) is 33.6 Å². The van der Waals surface area contributed by atoms with E-state index in [0.29, 0.717) is 12.3 Å². The van der Waals surface area contributed by atoms with Gasteiger partial charge in [0.15, 0.2) is 0 Å². The summed E-state index contributed by atoms with van der Waals surface area (Å²) in [5.41, 5.74) is 5.47. The Bertz CT molecular complexity index is 1470. The van der Waals surface area contributed by atoms with Gasteiger partial charge in [-0.05, 0) is 108 Å². The summed E-state index contributed by atoms with van der Waals surface area (Å²) in [5, 5.41) is 6.07. The zero-order valence-electron chi connectivity index (χ0n) is 29.4. The molecule has 0 radical (unpaired) electrons. The Morgan fingerprint density at radius 2 is 1.37 bits per heavy atom. The lowest BCUT2D eigenvalue weighted by Crippen LogP contribution is -2.55. The molecule has 7 heteroatoms. The smallest absolute Gasteiger partial charge is 0.408 e. The quantitative estimate of drug-likeness (QED) is 0.211. The van der Waals surface area contributed by atoms with Gasteiger partial charge in [-0.3, -0.25) is 9.59 Å². The molecule has 0 aliphatic rings. The lowest BCUT2D eigenvalue weighted by molar-refractivity contribution is -0.143. The first-order chi connectivity index (χ1) is 21.6. The second-order valence-corrected chi connectivity index (χ2v) is 13.9. The topological polar surface area (TPSA) is 87.7 Å². The number of hydrogen-bond acceptors (Lipinski definition) is 4. The Hall–Kier alpha value is -4.13. The highest BCUT2D eigenvalue weighted by Crippen LogP contribution is 2.33. The van der Waals surface area contributed by atoms with Crippen molar-refractivity contribution in [1.82, 2.24) is 10.2 Å². The van der Waals surface area contributed by atoms with Crippen LogP contribution in [0.4, 0.5) is 10.5 Å². The Morgan fingerprint density at radius 1 is 0.783 bits per heavy atom. The molecule has 0 heterocycles. The molecule has 3 aromatic rings. The molecule has 3 unspecified atom stereocenters. The van der Waals surface area contributed by atoms with Gasteiger partial charge in [0.2, 0.25) is 5.91 Å². The fourth-order valence-corrected chi connectivity index (χ4v) is 5.68. The summed E-state index contributed by atoms with van der Waals surface area (Å²) in [6, 6.07) is 19.1. The van der Waals surface area contributed by atoms with Crippen LogP contribution in [-0.4, -0.2) is 40.5 Å². The largest absolute Gasteiger partial charge is 0.444 e. The number of rotatable bonds is 12. The predicted octanol–water partition coefficient (Wildman–Crippen LogP) is 8.39. The Labute approximate surface area is 276 Å². The fourth-order valence-electron chi connectivity index (χ4n) is 5.68. The molecule has 3 rings (SSSR count). The van der Waals surface area contributed by atoms with Crippen LogP contribution < -0.4 is 10.6 Å². The zero-order valence-corrected chi connectivity index (χ0v) is 29.4. The standard InChI is InChI=1S/C39H53N3O4/c1-25(2)22-23-29(6)42(37(44)33(24-31-19-12-11-13-20-31)40-38(45)46-39(8,9)10)35(32-21-15-16-26(3)30(32)7)36(43)41-34-27(4)17-14-18-28(34)5/h11-21,25,29,33,35H,22-24H2,1-10H3,(H,40,45)(H,41,43). The van der Waals surface area contributed by atoms with Crippen LogP contribution in [0.25, 0.3) is 0 Å². The lowest BCUT2D eigenvalue weighted by Gasteiger charge is -2.39. The highest BCUT2D eigenvalue weighted by atomic mass is 16.6. The first kappa shape index (κ1) is 36.3. The summed E-state index contributed by atoms with van der Waals surface area (Å²) in [6.45, 7) is 19.6. The molecule has 3 amide bonds. The zero-order chi connectivity index (χ0) is 34.2. The van der Waals surface area contributed by atoms with Crippen molar-refractivity contribution in [3.8, 4) is 0 Å². The third-order valence-corrected chi connectivity index (χ3v) is 8.36. The number of aryl methyl sites for hydroxylation is 3. The van der Waals surface area contributed by atoms with Gasteiger partial charge in [0, 0.05) is 18.2 Å². The van der Waals surface area contributed by atoms with E-state index in [2.05, 4.69) is 24.5 Å². The van der Waals surface area contributed by atoms with Crippen molar-refractivity contribution in [2.75, 3.05) is 5.32 Å². The van der Waals surface area contributed by atoms with E-state index in [-0.39, 0.29) is 24.3 Å². The van der Waals surface area contributed by atoms with Gasteiger partial charge in [-0.1, -0.05) is 80.6 Å². The van der Waals surface area contributed by atoms with Gasteiger partial charge in [0.25, 0.3) is 5.91 Å². The number of hydrogen-bond donors (Lipinski definition) is 2. The maximum atomic E-state index is 15.0. The Balaban J connectivity index is 2.20. The predicted molar refractivity (Wildman–Crippen MR) is 187 cm³/mol. The van der Waals surface area contributed by atoms with Crippen LogP contribution in [-0.2, 0) is 20.7 Å². The number of alkyl carbamates (subject to hydrolysis) is 1. The first-order valence-corrected chi connectivity index (χ1v) is 16.4. The van der Waals surface area contributed by atoms with E-state index in [1.807, 2.05) is 101 Å². The summed E-state index contributed by atoms with van der Waals surface area (Å²) >= 11 is 0.